The molecule has 1 saturated carbocycles. The van der Waals surface area contributed by atoms with Crippen LogP contribution in [0.1, 0.15) is 18.4 Å². The van der Waals surface area contributed by atoms with Crippen molar-refractivity contribution in [3.05, 3.63) is 65.5 Å². The lowest BCUT2D eigenvalue weighted by molar-refractivity contribution is -0.0442. The minimum atomic E-state index is -5.54. The van der Waals surface area contributed by atoms with E-state index in [0.29, 0.717) is 12.1 Å². The van der Waals surface area contributed by atoms with Crippen LogP contribution < -0.4 is 0 Å². The number of sulfone groups is 2. The first-order valence-electron chi connectivity index (χ1n) is 8.44. The van der Waals surface area contributed by atoms with Gasteiger partial charge in [-0.3, -0.25) is 0 Å². The fourth-order valence-corrected chi connectivity index (χ4v) is 7.01. The second kappa shape index (κ2) is 7.26. The third-order valence-electron chi connectivity index (χ3n) is 5.10. The molecule has 12 heteroatoms. The standard InChI is InChI=1S/C18H14F6O4S2/c19-12-1-4-14(5-2-12)30(27,28)17(15-7-13(20)3-6-16(15)21)8-11(9-17)10-29(25,26)18(22,23)24/h1-7,11H,8-10H2. The number of hydrogen-bond donors (Lipinski definition) is 0. The van der Waals surface area contributed by atoms with Crippen LogP contribution in [-0.4, -0.2) is 28.1 Å². The van der Waals surface area contributed by atoms with E-state index < -0.39 is 82.4 Å². The van der Waals surface area contributed by atoms with Crippen LogP contribution >= 0.6 is 0 Å². The van der Waals surface area contributed by atoms with Crippen LogP contribution in [-0.2, 0) is 24.4 Å². The molecule has 0 spiro atoms. The summed E-state index contributed by atoms with van der Waals surface area (Å²) in [6.45, 7) is 0. The summed E-state index contributed by atoms with van der Waals surface area (Å²) in [5, 5.41) is 0. The van der Waals surface area contributed by atoms with E-state index in [1.165, 1.54) is 0 Å². The maximum Gasteiger partial charge on any atom is 0.497 e. The van der Waals surface area contributed by atoms with E-state index in [1.54, 1.807) is 0 Å². The van der Waals surface area contributed by atoms with Crippen LogP contribution in [0.25, 0.3) is 0 Å². The van der Waals surface area contributed by atoms with Crippen molar-refractivity contribution in [2.75, 3.05) is 5.75 Å². The first-order chi connectivity index (χ1) is 13.7. The zero-order valence-electron chi connectivity index (χ0n) is 15.0. The highest BCUT2D eigenvalue weighted by atomic mass is 32.2. The first-order valence-corrected chi connectivity index (χ1v) is 11.6. The maximum absolute atomic E-state index is 14.5. The molecule has 0 bridgehead atoms. The van der Waals surface area contributed by atoms with Crippen LogP contribution in [0.4, 0.5) is 26.3 Å². The largest absolute Gasteiger partial charge is 0.497 e. The van der Waals surface area contributed by atoms with E-state index >= 15 is 0 Å². The topological polar surface area (TPSA) is 68.3 Å². The Balaban J connectivity index is 2.07. The van der Waals surface area contributed by atoms with Gasteiger partial charge < -0.3 is 0 Å². The molecule has 3 rings (SSSR count). The number of rotatable bonds is 5. The van der Waals surface area contributed by atoms with E-state index in [0.717, 1.165) is 30.3 Å². The molecule has 4 nitrogen and oxygen atoms in total. The van der Waals surface area contributed by atoms with Gasteiger partial charge >= 0.3 is 5.51 Å². The maximum atomic E-state index is 14.5. The lowest BCUT2D eigenvalue weighted by Crippen LogP contribution is -2.51. The highest BCUT2D eigenvalue weighted by molar-refractivity contribution is 7.93. The molecule has 0 aliphatic heterocycles. The Morgan fingerprint density at radius 1 is 0.867 bits per heavy atom. The highest BCUT2D eigenvalue weighted by Crippen LogP contribution is 2.55. The van der Waals surface area contributed by atoms with Gasteiger partial charge in [-0.05, 0) is 61.2 Å². The van der Waals surface area contributed by atoms with E-state index in [1.807, 2.05) is 0 Å². The van der Waals surface area contributed by atoms with Crippen LogP contribution in [0.5, 0.6) is 0 Å². The average Bonchev–Trinajstić information content (AvgIpc) is 2.59. The van der Waals surface area contributed by atoms with Gasteiger partial charge in [0.05, 0.1) is 10.6 Å². The molecule has 0 heterocycles. The monoisotopic (exact) mass is 472 g/mol. The number of halogens is 6. The van der Waals surface area contributed by atoms with Gasteiger partial charge in [0.1, 0.15) is 22.2 Å². The van der Waals surface area contributed by atoms with Crippen molar-refractivity contribution in [3.8, 4) is 0 Å². The molecular formula is C18H14F6O4S2. The van der Waals surface area contributed by atoms with E-state index in [-0.39, 0.29) is 0 Å². The number of alkyl halides is 3. The van der Waals surface area contributed by atoms with Gasteiger partial charge in [-0.25, -0.2) is 30.0 Å². The smallest absolute Gasteiger partial charge is 0.223 e. The van der Waals surface area contributed by atoms with Crippen LogP contribution in [0.2, 0.25) is 0 Å². The van der Waals surface area contributed by atoms with Gasteiger partial charge in [-0.15, -0.1) is 0 Å². The Morgan fingerprint density at radius 2 is 1.40 bits per heavy atom. The molecule has 164 valence electrons. The second-order valence-corrected chi connectivity index (χ2v) is 11.4. The Labute approximate surface area is 168 Å². The first kappa shape index (κ1) is 22.6. The van der Waals surface area contributed by atoms with E-state index in [9.17, 15) is 43.2 Å². The summed E-state index contributed by atoms with van der Waals surface area (Å²) in [6.07, 6.45) is -1.36. The van der Waals surface area contributed by atoms with Crippen LogP contribution in [0.3, 0.4) is 0 Å². The Hall–Kier alpha value is -2.08. The van der Waals surface area contributed by atoms with Crippen molar-refractivity contribution >= 4 is 19.7 Å². The summed E-state index contributed by atoms with van der Waals surface area (Å²) in [4.78, 5) is -0.454. The Kier molecular flexibility index (Phi) is 5.47. The van der Waals surface area contributed by atoms with Gasteiger partial charge in [0.15, 0.2) is 9.84 Å². The molecule has 0 radical (unpaired) electrons. The molecule has 0 amide bonds. The molecule has 1 fully saturated rings. The molecular weight excluding hydrogens is 458 g/mol. The molecule has 2 aromatic carbocycles. The molecule has 0 N–H and O–H groups in total. The van der Waals surface area contributed by atoms with Crippen LogP contribution in [0.15, 0.2) is 47.4 Å². The van der Waals surface area contributed by atoms with Gasteiger partial charge in [-0.2, -0.15) is 13.2 Å². The number of hydrogen-bond acceptors (Lipinski definition) is 4. The van der Waals surface area contributed by atoms with E-state index in [4.69, 9.17) is 0 Å². The molecule has 1 aliphatic rings. The third-order valence-corrected chi connectivity index (χ3v) is 9.19. The normalized spacial score (nSPS) is 22.5. The molecule has 2 aromatic rings. The minimum Gasteiger partial charge on any atom is -0.223 e. The third kappa shape index (κ3) is 3.70. The predicted molar refractivity (Wildman–Crippen MR) is 94.2 cm³/mol. The van der Waals surface area contributed by atoms with Gasteiger partial charge in [0, 0.05) is 5.56 Å². The van der Waals surface area contributed by atoms with Crippen molar-refractivity contribution in [1.82, 2.24) is 0 Å². The summed E-state index contributed by atoms with van der Waals surface area (Å²) < 4.78 is 127. The molecule has 0 unspecified atom stereocenters. The zero-order valence-corrected chi connectivity index (χ0v) is 16.6. The molecule has 0 aromatic heterocycles. The highest BCUT2D eigenvalue weighted by Gasteiger charge is 2.59. The fraction of sp³-hybridized carbons (Fsp3) is 0.333. The summed E-state index contributed by atoms with van der Waals surface area (Å²) in [7, 11) is -10.1. The average molecular weight is 472 g/mol. The van der Waals surface area contributed by atoms with E-state index in [2.05, 4.69) is 0 Å². The van der Waals surface area contributed by atoms with Gasteiger partial charge in [0.25, 0.3) is 0 Å². The van der Waals surface area contributed by atoms with Crippen LogP contribution in [0, 0.1) is 23.4 Å². The molecule has 0 atom stereocenters. The molecule has 1 aliphatic carbocycles. The summed E-state index contributed by atoms with van der Waals surface area (Å²) in [5.74, 6) is -5.49. The lowest BCUT2D eigenvalue weighted by atomic mass is 9.71. The van der Waals surface area contributed by atoms with Gasteiger partial charge in [-0.1, -0.05) is 0 Å². The SMILES string of the molecule is O=S(=O)(CC1CC(c2cc(F)ccc2F)(S(=O)(=O)c2ccc(F)cc2)C1)C(F)(F)F. The summed E-state index contributed by atoms with van der Waals surface area (Å²) in [6, 6.07) is 5.46. The minimum absolute atomic E-state index is 0.454. The van der Waals surface area contributed by atoms with Crippen molar-refractivity contribution in [1.29, 1.82) is 0 Å². The van der Waals surface area contributed by atoms with Gasteiger partial charge in [0.2, 0.25) is 9.84 Å². The van der Waals surface area contributed by atoms with Crippen molar-refractivity contribution in [2.45, 2.75) is 28.0 Å². The Bertz CT molecular complexity index is 1170. The quantitative estimate of drug-likeness (QED) is 0.485. The zero-order chi connectivity index (χ0) is 22.5. The summed E-state index contributed by atoms with van der Waals surface area (Å²) >= 11 is 0. The Morgan fingerprint density at radius 3 is 1.93 bits per heavy atom. The molecule has 0 saturated heterocycles. The molecule has 30 heavy (non-hydrogen) atoms. The van der Waals surface area contributed by atoms with Crippen molar-refractivity contribution in [2.24, 2.45) is 5.92 Å². The predicted octanol–water partition coefficient (Wildman–Crippen LogP) is 4.12. The van der Waals surface area contributed by atoms with Crippen molar-refractivity contribution < 1.29 is 43.2 Å². The fourth-order valence-electron chi connectivity index (χ4n) is 3.67. The summed E-state index contributed by atoms with van der Waals surface area (Å²) in [5.41, 5.74) is -6.14. The second-order valence-electron chi connectivity index (χ2n) is 7.08. The lowest BCUT2D eigenvalue weighted by Gasteiger charge is -2.47. The van der Waals surface area contributed by atoms with Crippen molar-refractivity contribution in [3.63, 3.8) is 0 Å². The number of benzene rings is 2.